The van der Waals surface area contributed by atoms with E-state index in [2.05, 4.69) is 63.0 Å². The highest BCUT2D eigenvalue weighted by Crippen LogP contribution is 2.50. The predicted octanol–water partition coefficient (Wildman–Crippen LogP) is 4.95. The molecule has 2 aliphatic heterocycles. The maximum Gasteiger partial charge on any atom is 0.226 e. The smallest absolute Gasteiger partial charge is 0.226 e. The normalized spacial score (nSPS) is 19.0. The Morgan fingerprint density at radius 1 is 1.00 bits per heavy atom. The molecule has 0 amide bonds. The molecule has 0 saturated carbocycles. The van der Waals surface area contributed by atoms with Gasteiger partial charge in [-0.2, -0.15) is 10.1 Å². The van der Waals surface area contributed by atoms with E-state index in [4.69, 9.17) is 4.74 Å². The minimum Gasteiger partial charge on any atom is -0.480 e. The van der Waals surface area contributed by atoms with Crippen LogP contribution >= 0.6 is 11.8 Å². The standard InChI is InChI=1S/C24H19N5OS/c1-31-17-10-8-15(9-11-17)23-20-21(18-6-2-3-7-19(18)30-23)28-24-26-14-27-29(24)22(20)16-5-4-12-25-13-16/h2-14,22-23H,1H3,(H,26,27,28)/t22-,23-/m1/s1. The number of hydrogen-bond donors (Lipinski definition) is 1. The maximum atomic E-state index is 6.62. The van der Waals surface area contributed by atoms with Crippen molar-refractivity contribution >= 4 is 23.4 Å². The Labute approximate surface area is 184 Å². The molecule has 0 spiro atoms. The summed E-state index contributed by atoms with van der Waals surface area (Å²) in [6, 6.07) is 20.5. The van der Waals surface area contributed by atoms with E-state index < -0.39 is 0 Å². The molecule has 1 N–H and O–H groups in total. The van der Waals surface area contributed by atoms with Crippen molar-refractivity contribution in [3.05, 3.63) is 102 Å². The second-order valence-electron chi connectivity index (χ2n) is 7.44. The Bertz CT molecular complexity index is 1280. The van der Waals surface area contributed by atoms with Crippen LogP contribution in [0.5, 0.6) is 5.75 Å². The van der Waals surface area contributed by atoms with Crippen molar-refractivity contribution in [2.24, 2.45) is 0 Å². The van der Waals surface area contributed by atoms with Crippen LogP contribution in [0.1, 0.15) is 28.8 Å². The minimum atomic E-state index is -0.268. The largest absolute Gasteiger partial charge is 0.480 e. The first-order chi connectivity index (χ1) is 15.3. The first kappa shape index (κ1) is 18.2. The lowest BCUT2D eigenvalue weighted by molar-refractivity contribution is 0.223. The molecule has 0 unspecified atom stereocenters. The molecule has 7 heteroatoms. The van der Waals surface area contributed by atoms with E-state index in [0.29, 0.717) is 5.95 Å². The van der Waals surface area contributed by atoms with Crippen molar-refractivity contribution in [1.82, 2.24) is 19.7 Å². The Hall–Kier alpha value is -3.58. The molecule has 4 aromatic rings. The molecule has 0 radical (unpaired) electrons. The predicted molar refractivity (Wildman–Crippen MR) is 121 cm³/mol. The molecule has 0 fully saturated rings. The number of nitrogens with zero attached hydrogens (tertiary/aromatic N) is 4. The van der Waals surface area contributed by atoms with Crippen LogP contribution in [0.2, 0.25) is 0 Å². The Balaban J connectivity index is 1.60. The molecule has 4 heterocycles. The monoisotopic (exact) mass is 425 g/mol. The second kappa shape index (κ2) is 7.28. The van der Waals surface area contributed by atoms with E-state index in [9.17, 15) is 0 Å². The number of thioether (sulfide) groups is 1. The van der Waals surface area contributed by atoms with Crippen molar-refractivity contribution in [1.29, 1.82) is 0 Å². The van der Waals surface area contributed by atoms with E-state index in [1.54, 1.807) is 24.3 Å². The van der Waals surface area contributed by atoms with Gasteiger partial charge in [0.05, 0.1) is 5.70 Å². The number of pyridine rings is 1. The summed E-state index contributed by atoms with van der Waals surface area (Å²) in [4.78, 5) is 10.1. The van der Waals surface area contributed by atoms with E-state index in [1.165, 1.54) is 4.90 Å². The number of ether oxygens (including phenoxy) is 1. The average Bonchev–Trinajstić information content (AvgIpc) is 3.31. The van der Waals surface area contributed by atoms with Gasteiger partial charge >= 0.3 is 0 Å². The van der Waals surface area contributed by atoms with Crippen LogP contribution in [0.25, 0.3) is 5.70 Å². The summed E-state index contributed by atoms with van der Waals surface area (Å²) in [5.74, 6) is 1.56. The van der Waals surface area contributed by atoms with E-state index in [-0.39, 0.29) is 12.1 Å². The fraction of sp³-hybridized carbons (Fsp3) is 0.125. The third-order valence-corrected chi connectivity index (χ3v) is 6.48. The van der Waals surface area contributed by atoms with Gasteiger partial charge in [-0.25, -0.2) is 4.68 Å². The third kappa shape index (κ3) is 2.92. The molecule has 152 valence electrons. The summed E-state index contributed by atoms with van der Waals surface area (Å²) in [5.41, 5.74) is 5.28. The zero-order valence-electron chi connectivity index (χ0n) is 16.8. The van der Waals surface area contributed by atoms with Gasteiger partial charge in [0.2, 0.25) is 5.95 Å². The van der Waals surface area contributed by atoms with Crippen molar-refractivity contribution in [3.63, 3.8) is 0 Å². The number of fused-ring (bicyclic) bond motifs is 3. The number of nitrogens with one attached hydrogen (secondary N) is 1. The van der Waals surface area contributed by atoms with Gasteiger partial charge in [-0.1, -0.05) is 30.3 Å². The van der Waals surface area contributed by atoms with Crippen LogP contribution in [-0.2, 0) is 0 Å². The van der Waals surface area contributed by atoms with Crippen LogP contribution in [0, 0.1) is 0 Å². The van der Waals surface area contributed by atoms with E-state index in [0.717, 1.165) is 33.7 Å². The molecule has 2 aliphatic rings. The van der Waals surface area contributed by atoms with E-state index in [1.807, 2.05) is 35.1 Å². The molecular formula is C24H19N5OS. The molecule has 6 rings (SSSR count). The molecule has 0 bridgehead atoms. The van der Waals surface area contributed by atoms with Gasteiger partial charge < -0.3 is 10.1 Å². The first-order valence-corrected chi connectivity index (χ1v) is 11.3. The molecule has 0 aliphatic carbocycles. The average molecular weight is 426 g/mol. The van der Waals surface area contributed by atoms with Crippen LogP contribution in [0.4, 0.5) is 5.95 Å². The van der Waals surface area contributed by atoms with Crippen LogP contribution in [-0.4, -0.2) is 26.0 Å². The SMILES string of the molecule is CSc1ccc([C@H]2Oc3ccccc3C3=C2[C@@H](c2cccnc2)n2ncnc2N3)cc1. The second-order valence-corrected chi connectivity index (χ2v) is 8.32. The summed E-state index contributed by atoms with van der Waals surface area (Å²) in [6.07, 6.45) is 7.07. The highest BCUT2D eigenvalue weighted by atomic mass is 32.2. The number of aromatic nitrogens is 4. The van der Waals surface area contributed by atoms with Gasteiger partial charge in [-0.3, -0.25) is 4.98 Å². The molecule has 2 aromatic carbocycles. The highest BCUT2D eigenvalue weighted by molar-refractivity contribution is 7.98. The number of para-hydroxylation sites is 1. The molecular weight excluding hydrogens is 406 g/mol. The van der Waals surface area contributed by atoms with Gasteiger partial charge in [-0.15, -0.1) is 11.8 Å². The van der Waals surface area contributed by atoms with Gasteiger partial charge in [0.25, 0.3) is 0 Å². The highest BCUT2D eigenvalue weighted by Gasteiger charge is 2.40. The molecule has 31 heavy (non-hydrogen) atoms. The third-order valence-electron chi connectivity index (χ3n) is 5.74. The summed E-state index contributed by atoms with van der Waals surface area (Å²) < 4.78 is 8.53. The Morgan fingerprint density at radius 3 is 2.68 bits per heavy atom. The fourth-order valence-corrected chi connectivity index (χ4v) is 4.74. The van der Waals surface area contributed by atoms with Gasteiger partial charge in [0.1, 0.15) is 24.2 Å². The zero-order chi connectivity index (χ0) is 20.8. The van der Waals surface area contributed by atoms with Crippen LogP contribution < -0.4 is 10.1 Å². The molecule has 2 aromatic heterocycles. The summed E-state index contributed by atoms with van der Waals surface area (Å²) in [6.45, 7) is 0. The number of rotatable bonds is 3. The first-order valence-electron chi connectivity index (χ1n) is 10.0. The topological polar surface area (TPSA) is 64.9 Å². The van der Waals surface area contributed by atoms with Gasteiger partial charge in [0.15, 0.2) is 0 Å². The molecule has 0 saturated heterocycles. The van der Waals surface area contributed by atoms with Crippen LogP contribution in [0.15, 0.2) is 89.9 Å². The van der Waals surface area contributed by atoms with Crippen LogP contribution in [0.3, 0.4) is 0 Å². The summed E-state index contributed by atoms with van der Waals surface area (Å²) in [7, 11) is 0. The zero-order valence-corrected chi connectivity index (χ0v) is 17.6. The van der Waals surface area contributed by atoms with Crippen molar-refractivity contribution in [2.75, 3.05) is 11.6 Å². The molecule has 2 atom stereocenters. The fourth-order valence-electron chi connectivity index (χ4n) is 4.33. The molecule has 6 nitrogen and oxygen atoms in total. The maximum absolute atomic E-state index is 6.62. The Kier molecular flexibility index (Phi) is 4.28. The Morgan fingerprint density at radius 2 is 1.87 bits per heavy atom. The number of benzene rings is 2. The lowest BCUT2D eigenvalue weighted by Gasteiger charge is -2.38. The van der Waals surface area contributed by atoms with Gasteiger partial charge in [-0.05, 0) is 47.7 Å². The van der Waals surface area contributed by atoms with Crippen molar-refractivity contribution in [3.8, 4) is 5.75 Å². The number of hydrogen-bond acceptors (Lipinski definition) is 6. The lowest BCUT2D eigenvalue weighted by Crippen LogP contribution is -2.32. The lowest BCUT2D eigenvalue weighted by atomic mass is 9.85. The minimum absolute atomic E-state index is 0.180. The van der Waals surface area contributed by atoms with E-state index >= 15 is 0 Å². The summed E-state index contributed by atoms with van der Waals surface area (Å²) in [5, 5.41) is 8.06. The quantitative estimate of drug-likeness (QED) is 0.468. The van der Waals surface area contributed by atoms with Crippen molar-refractivity contribution < 1.29 is 4.74 Å². The summed E-state index contributed by atoms with van der Waals surface area (Å²) >= 11 is 1.73. The van der Waals surface area contributed by atoms with Gasteiger partial charge in [0, 0.05) is 28.4 Å². The van der Waals surface area contributed by atoms with Crippen molar-refractivity contribution in [2.45, 2.75) is 17.0 Å². The number of anilines is 1.